The van der Waals surface area contributed by atoms with E-state index in [2.05, 4.69) is 73.8 Å². The van der Waals surface area contributed by atoms with Crippen LogP contribution in [0, 0.1) is 0 Å². The summed E-state index contributed by atoms with van der Waals surface area (Å²) in [6, 6.07) is 4.97. The first-order chi connectivity index (χ1) is 46.1. The van der Waals surface area contributed by atoms with Crippen LogP contribution in [0.5, 0.6) is 0 Å². The number of nitrogens with two attached hydrogens (primary N) is 8. The lowest BCUT2D eigenvalue weighted by molar-refractivity contribution is -0.136. The zero-order chi connectivity index (χ0) is 72.4. The van der Waals surface area contributed by atoms with E-state index in [9.17, 15) is 67.7 Å². The van der Waals surface area contributed by atoms with Crippen LogP contribution >= 0.6 is 0 Å². The molecule has 97 heavy (non-hydrogen) atoms. The standard InChI is InChI=1S/C61H102N22O14/c1-35(75-48(87)33-74-59(97)50(37(3)85)83-57(95)45(29-39-18-8-5-9-19-39)77-49(88)32-73-47(86)31-70-30-40(64)28-38-16-6-4-7-17-38)52(90)79-44(23-15-27-72-61(68)69)55(93)81-42(21-11-13-25-63)56(94)82-46(34-84)58(96)76-36(2)53(91)80-43(22-14-26-71-60(66)67)54(92)78-41(51(65)89)20-10-12-24-62/h4-9,16-19,35-37,40-46,50,70,84-85H,10-15,20-34,62-64H2,1-3H3,(H2,65,89)(H,73,86)(H,74,97)(H,75,87)(H,76,96)(H,77,88)(H,78,92)(H,79,90)(H,80,91)(H,81,93)(H,82,94)(H,83,95)(H4,66,67,71)(H4,68,69,72)/t35-,36-,37+,40+,41-,42-,43-,44-,45-,46-,50-/m0/s1. The number of nitrogens with zero attached hydrogens (tertiary/aromatic N) is 2. The summed E-state index contributed by atoms with van der Waals surface area (Å²) in [6.45, 7) is 2.11. The lowest BCUT2D eigenvalue weighted by Crippen LogP contribution is -2.60. The normalized spacial score (nSPS) is 14.3. The summed E-state index contributed by atoms with van der Waals surface area (Å²) in [5.41, 5.74) is 46.5. The number of unbranched alkanes of at least 4 members (excludes halogenated alkanes) is 2. The Morgan fingerprint density at radius 3 is 1.32 bits per heavy atom. The highest BCUT2D eigenvalue weighted by Gasteiger charge is 2.34. The minimum absolute atomic E-state index is 0.0159. The number of carbonyl (C=O) groups excluding carboxylic acids is 12. The number of primary amides is 1. The first-order valence-electron chi connectivity index (χ1n) is 32.0. The highest BCUT2D eigenvalue weighted by atomic mass is 16.3. The van der Waals surface area contributed by atoms with E-state index in [0.717, 1.165) is 5.56 Å². The van der Waals surface area contributed by atoms with Crippen LogP contribution in [0.1, 0.15) is 96.1 Å². The van der Waals surface area contributed by atoms with Crippen molar-refractivity contribution in [1.82, 2.24) is 63.8 Å². The molecule has 0 aromatic heterocycles. The van der Waals surface area contributed by atoms with Crippen molar-refractivity contribution in [2.45, 2.75) is 164 Å². The molecule has 0 unspecified atom stereocenters. The Bertz CT molecular complexity index is 2900. The fourth-order valence-electron chi connectivity index (χ4n) is 9.27. The smallest absolute Gasteiger partial charge is 0.245 e. The van der Waals surface area contributed by atoms with Gasteiger partial charge in [0, 0.05) is 32.1 Å². The molecule has 36 heteroatoms. The highest BCUT2D eigenvalue weighted by molar-refractivity contribution is 5.99. The van der Waals surface area contributed by atoms with Crippen LogP contribution in [0.4, 0.5) is 0 Å². The summed E-state index contributed by atoms with van der Waals surface area (Å²) in [6.07, 6.45) is 0.745. The molecule has 0 saturated carbocycles. The lowest BCUT2D eigenvalue weighted by atomic mass is 10.0. The van der Waals surface area contributed by atoms with E-state index in [1.807, 2.05) is 30.3 Å². The van der Waals surface area contributed by atoms with Gasteiger partial charge in [0.1, 0.15) is 54.4 Å². The van der Waals surface area contributed by atoms with Crippen LogP contribution in [0.25, 0.3) is 0 Å². The van der Waals surface area contributed by atoms with E-state index in [-0.39, 0.29) is 95.5 Å². The summed E-state index contributed by atoms with van der Waals surface area (Å²) >= 11 is 0. The molecule has 0 heterocycles. The van der Waals surface area contributed by atoms with E-state index in [1.54, 1.807) is 30.3 Å². The fourth-order valence-corrected chi connectivity index (χ4v) is 9.27. The Balaban J connectivity index is 2.17. The van der Waals surface area contributed by atoms with Gasteiger partial charge in [0.2, 0.25) is 70.9 Å². The molecular weight excluding hydrogens is 1260 g/mol. The van der Waals surface area contributed by atoms with Gasteiger partial charge in [0.05, 0.1) is 32.3 Å². The summed E-state index contributed by atoms with van der Waals surface area (Å²) in [4.78, 5) is 169. The quantitative estimate of drug-likeness (QED) is 0.0166. The van der Waals surface area contributed by atoms with Crippen molar-refractivity contribution in [3.05, 3.63) is 71.8 Å². The number of aliphatic imine (C=N–C) groups is 2. The SMILES string of the molecule is C[C@H](NC(=O)CNC(=O)[C@@H](NC(=O)[C@H](Cc1ccccc1)NC(=O)CNC(=O)CNC[C@H](N)Cc1ccccc1)[C@@H](C)O)C(=O)N[C@@H](CCCN=C(N)N)C(=O)N[C@@H](CCCCN)C(=O)N[C@@H](CO)C(=O)N[C@@H](C)C(=O)N[C@@H](CCCN=C(N)N)C(=O)N[C@@H](CCCCN)C(N)=O. The van der Waals surface area contributed by atoms with E-state index < -0.39 is 151 Å². The van der Waals surface area contributed by atoms with Gasteiger partial charge < -0.3 is 120 Å². The Morgan fingerprint density at radius 1 is 0.433 bits per heavy atom. The molecule has 540 valence electrons. The van der Waals surface area contributed by atoms with Gasteiger partial charge in [0.15, 0.2) is 11.9 Å². The minimum Gasteiger partial charge on any atom is -0.394 e. The van der Waals surface area contributed by atoms with Crippen LogP contribution in [-0.2, 0) is 70.4 Å². The van der Waals surface area contributed by atoms with Gasteiger partial charge >= 0.3 is 0 Å². The molecular formula is C61H102N22O14. The molecule has 0 spiro atoms. The number of carbonyl (C=O) groups is 12. The number of aliphatic hydroxyl groups is 2. The Kier molecular flexibility index (Phi) is 40.0. The number of hydrogen-bond donors (Lipinski definition) is 22. The molecule has 0 fully saturated rings. The third-order valence-electron chi connectivity index (χ3n) is 14.6. The van der Waals surface area contributed by atoms with Crippen LogP contribution < -0.4 is 110 Å². The summed E-state index contributed by atoms with van der Waals surface area (Å²) in [5, 5.41) is 50.9. The van der Waals surface area contributed by atoms with Gasteiger partial charge in [-0.3, -0.25) is 67.5 Å². The highest BCUT2D eigenvalue weighted by Crippen LogP contribution is 2.10. The van der Waals surface area contributed by atoms with Crippen LogP contribution in [-0.4, -0.2) is 219 Å². The Morgan fingerprint density at radius 2 is 0.845 bits per heavy atom. The average Bonchev–Trinajstić information content (AvgIpc) is 1.06. The molecule has 2 rings (SSSR count). The van der Waals surface area contributed by atoms with Crippen molar-refractivity contribution in [2.24, 2.45) is 55.9 Å². The summed E-state index contributed by atoms with van der Waals surface area (Å²) in [7, 11) is 0. The molecule has 30 N–H and O–H groups in total. The molecule has 0 saturated heterocycles. The molecule has 12 amide bonds. The van der Waals surface area contributed by atoms with E-state index >= 15 is 0 Å². The number of benzene rings is 2. The lowest BCUT2D eigenvalue weighted by Gasteiger charge is -2.26. The second-order valence-electron chi connectivity index (χ2n) is 23.0. The fraction of sp³-hybridized carbons (Fsp3) is 0.574. The summed E-state index contributed by atoms with van der Waals surface area (Å²) < 4.78 is 0. The zero-order valence-electron chi connectivity index (χ0n) is 55.3. The van der Waals surface area contributed by atoms with Crippen LogP contribution in [0.2, 0.25) is 0 Å². The molecule has 11 atom stereocenters. The molecule has 0 radical (unpaired) electrons. The Hall–Kier alpha value is -9.62. The van der Waals surface area contributed by atoms with E-state index in [0.29, 0.717) is 44.3 Å². The first-order valence-corrected chi connectivity index (χ1v) is 32.0. The van der Waals surface area contributed by atoms with Crippen molar-refractivity contribution < 1.29 is 67.7 Å². The van der Waals surface area contributed by atoms with Gasteiger partial charge in [-0.15, -0.1) is 0 Å². The topological polar surface area (TPSA) is 623 Å². The molecule has 2 aromatic rings. The number of rotatable bonds is 48. The largest absolute Gasteiger partial charge is 0.394 e. The second kappa shape index (κ2) is 46.5. The molecule has 0 bridgehead atoms. The summed E-state index contributed by atoms with van der Waals surface area (Å²) in [5.74, 6) is -11.0. The van der Waals surface area contributed by atoms with Gasteiger partial charge in [-0.25, -0.2) is 0 Å². The van der Waals surface area contributed by atoms with Gasteiger partial charge in [-0.2, -0.15) is 0 Å². The van der Waals surface area contributed by atoms with Crippen molar-refractivity contribution in [3.8, 4) is 0 Å². The van der Waals surface area contributed by atoms with Crippen LogP contribution in [0.15, 0.2) is 70.6 Å². The van der Waals surface area contributed by atoms with E-state index in [1.165, 1.54) is 20.8 Å². The van der Waals surface area contributed by atoms with Crippen molar-refractivity contribution in [1.29, 1.82) is 0 Å². The number of amides is 12. The first kappa shape index (κ1) is 83.5. The third-order valence-corrected chi connectivity index (χ3v) is 14.6. The number of aliphatic hydroxyl groups excluding tert-OH is 2. The van der Waals surface area contributed by atoms with E-state index in [4.69, 9.17) is 45.9 Å². The van der Waals surface area contributed by atoms with Crippen molar-refractivity contribution in [2.75, 3.05) is 59.0 Å². The number of nitrogens with one attached hydrogen (secondary N) is 12. The maximum atomic E-state index is 14.1. The van der Waals surface area contributed by atoms with Gasteiger partial charge in [-0.05, 0) is 116 Å². The molecule has 2 aromatic carbocycles. The maximum absolute atomic E-state index is 14.1. The number of hydrogen-bond acceptors (Lipinski definition) is 20. The van der Waals surface area contributed by atoms with Gasteiger partial charge in [0.25, 0.3) is 0 Å². The van der Waals surface area contributed by atoms with Crippen molar-refractivity contribution >= 4 is 82.8 Å². The van der Waals surface area contributed by atoms with Gasteiger partial charge in [-0.1, -0.05) is 60.7 Å². The average molecular weight is 1370 g/mol. The zero-order valence-corrected chi connectivity index (χ0v) is 55.3. The second-order valence-corrected chi connectivity index (χ2v) is 23.0. The van der Waals surface area contributed by atoms with Crippen molar-refractivity contribution in [3.63, 3.8) is 0 Å². The Labute approximate surface area is 563 Å². The molecule has 0 aliphatic rings. The monoisotopic (exact) mass is 1370 g/mol. The molecule has 0 aliphatic carbocycles. The number of guanidine groups is 2. The minimum atomic E-state index is -1.72. The maximum Gasteiger partial charge on any atom is 0.245 e. The molecule has 36 nitrogen and oxygen atoms in total. The van der Waals surface area contributed by atoms with Crippen LogP contribution in [0.3, 0.4) is 0 Å². The third kappa shape index (κ3) is 35.1. The molecule has 0 aliphatic heterocycles. The predicted octanol–water partition coefficient (Wildman–Crippen LogP) is -8.75. The predicted molar refractivity (Wildman–Crippen MR) is 359 cm³/mol.